The van der Waals surface area contributed by atoms with Crippen LogP contribution in [0.3, 0.4) is 0 Å². The van der Waals surface area contributed by atoms with Crippen molar-refractivity contribution < 1.29 is 19.4 Å². The van der Waals surface area contributed by atoms with E-state index in [1.807, 2.05) is 0 Å². The molecule has 0 aromatic carbocycles. The summed E-state index contributed by atoms with van der Waals surface area (Å²) in [7, 11) is 0. The molecule has 1 N–H and O–H groups in total. The SMILES string of the molecule is CCOC(=O)C1CCCCN1C(=O)CN(CC(C)O)C1CCCCC1. The normalized spacial score (nSPS) is 23.5. The fraction of sp³-hybridized carbons (Fsp3) is 0.895. The molecule has 0 spiro atoms. The smallest absolute Gasteiger partial charge is 0.328 e. The molecular weight excluding hydrogens is 320 g/mol. The average Bonchev–Trinajstić information content (AvgIpc) is 2.61. The van der Waals surface area contributed by atoms with Gasteiger partial charge in [0.05, 0.1) is 19.3 Å². The van der Waals surface area contributed by atoms with Crippen molar-refractivity contribution in [2.24, 2.45) is 0 Å². The van der Waals surface area contributed by atoms with Crippen molar-refractivity contribution in [2.45, 2.75) is 83.4 Å². The van der Waals surface area contributed by atoms with Gasteiger partial charge in [-0.1, -0.05) is 19.3 Å². The molecule has 1 amide bonds. The number of hydrogen-bond acceptors (Lipinski definition) is 5. The van der Waals surface area contributed by atoms with Gasteiger partial charge in [-0.05, 0) is 46.0 Å². The molecular formula is C19H34N2O4. The van der Waals surface area contributed by atoms with E-state index in [9.17, 15) is 14.7 Å². The Bertz CT molecular complexity index is 435. The second kappa shape index (κ2) is 10.1. The molecule has 0 aromatic rings. The number of esters is 1. The summed E-state index contributed by atoms with van der Waals surface area (Å²) in [6, 6.07) is -0.0842. The largest absolute Gasteiger partial charge is 0.464 e. The van der Waals surface area contributed by atoms with Crippen molar-refractivity contribution in [3.63, 3.8) is 0 Å². The van der Waals surface area contributed by atoms with E-state index in [1.54, 1.807) is 18.7 Å². The zero-order valence-corrected chi connectivity index (χ0v) is 15.8. The van der Waals surface area contributed by atoms with Gasteiger partial charge < -0.3 is 14.7 Å². The van der Waals surface area contributed by atoms with E-state index < -0.39 is 12.1 Å². The van der Waals surface area contributed by atoms with Crippen LogP contribution < -0.4 is 0 Å². The van der Waals surface area contributed by atoms with Gasteiger partial charge in [0.25, 0.3) is 0 Å². The lowest BCUT2D eigenvalue weighted by Crippen LogP contribution is -2.53. The number of ether oxygens (including phenoxy) is 1. The van der Waals surface area contributed by atoms with E-state index in [1.165, 1.54) is 19.3 Å². The van der Waals surface area contributed by atoms with E-state index in [4.69, 9.17) is 4.74 Å². The molecule has 2 fully saturated rings. The third kappa shape index (κ3) is 5.96. The number of aliphatic hydroxyl groups is 1. The van der Waals surface area contributed by atoms with Crippen LogP contribution in [0.15, 0.2) is 0 Å². The molecule has 6 nitrogen and oxygen atoms in total. The highest BCUT2D eigenvalue weighted by Gasteiger charge is 2.34. The third-order valence-corrected chi connectivity index (χ3v) is 5.31. The molecule has 1 saturated heterocycles. The van der Waals surface area contributed by atoms with E-state index in [0.29, 0.717) is 32.2 Å². The molecule has 2 rings (SSSR count). The predicted molar refractivity (Wildman–Crippen MR) is 96.1 cm³/mol. The quantitative estimate of drug-likeness (QED) is 0.708. The Hall–Kier alpha value is -1.14. The summed E-state index contributed by atoms with van der Waals surface area (Å²) < 4.78 is 5.16. The summed E-state index contributed by atoms with van der Waals surface area (Å²) in [5.41, 5.74) is 0. The van der Waals surface area contributed by atoms with Crippen LogP contribution in [0, 0.1) is 0 Å². The number of rotatable bonds is 7. The molecule has 2 atom stereocenters. The Labute approximate surface area is 151 Å². The average molecular weight is 354 g/mol. The van der Waals surface area contributed by atoms with Gasteiger partial charge in [0, 0.05) is 19.1 Å². The molecule has 2 aliphatic rings. The highest BCUT2D eigenvalue weighted by molar-refractivity contribution is 5.85. The second-order valence-corrected chi connectivity index (χ2v) is 7.42. The predicted octanol–water partition coefficient (Wildman–Crippen LogP) is 1.95. The molecule has 25 heavy (non-hydrogen) atoms. The molecule has 144 valence electrons. The monoisotopic (exact) mass is 354 g/mol. The number of carbonyl (C=O) groups excluding carboxylic acids is 2. The fourth-order valence-corrected chi connectivity index (χ4v) is 4.11. The molecule has 1 saturated carbocycles. The Kier molecular flexibility index (Phi) is 8.16. The molecule has 0 radical (unpaired) electrons. The lowest BCUT2D eigenvalue weighted by Gasteiger charge is -2.38. The van der Waals surface area contributed by atoms with Crippen molar-refractivity contribution in [2.75, 3.05) is 26.2 Å². The van der Waals surface area contributed by atoms with Crippen molar-refractivity contribution in [3.8, 4) is 0 Å². The highest BCUT2D eigenvalue weighted by Crippen LogP contribution is 2.24. The molecule has 0 aromatic heterocycles. The molecule has 1 aliphatic carbocycles. The maximum absolute atomic E-state index is 12.9. The van der Waals surface area contributed by atoms with E-state index in [-0.39, 0.29) is 18.4 Å². The van der Waals surface area contributed by atoms with Gasteiger partial charge >= 0.3 is 5.97 Å². The number of piperidine rings is 1. The molecule has 0 bridgehead atoms. The van der Waals surface area contributed by atoms with Gasteiger partial charge in [0.15, 0.2) is 0 Å². The molecule has 2 unspecified atom stereocenters. The minimum Gasteiger partial charge on any atom is -0.464 e. The van der Waals surface area contributed by atoms with Gasteiger partial charge in [-0.15, -0.1) is 0 Å². The summed E-state index contributed by atoms with van der Waals surface area (Å²) >= 11 is 0. The maximum atomic E-state index is 12.9. The van der Waals surface area contributed by atoms with Crippen LogP contribution in [0.2, 0.25) is 0 Å². The third-order valence-electron chi connectivity index (χ3n) is 5.31. The summed E-state index contributed by atoms with van der Waals surface area (Å²) in [5, 5.41) is 9.85. The van der Waals surface area contributed by atoms with Crippen molar-refractivity contribution >= 4 is 11.9 Å². The topological polar surface area (TPSA) is 70.1 Å². The Morgan fingerprint density at radius 3 is 2.48 bits per heavy atom. The van der Waals surface area contributed by atoms with Crippen LogP contribution in [0.4, 0.5) is 0 Å². The fourth-order valence-electron chi connectivity index (χ4n) is 4.11. The first-order chi connectivity index (χ1) is 12.0. The standard InChI is InChI=1S/C19H34N2O4/c1-3-25-19(24)17-11-7-8-12-21(17)18(23)14-20(13-15(2)22)16-9-5-4-6-10-16/h15-17,22H,3-14H2,1-2H3. The zero-order chi connectivity index (χ0) is 18.2. The van der Waals surface area contributed by atoms with Crippen molar-refractivity contribution in [1.82, 2.24) is 9.80 Å². The summed E-state index contributed by atoms with van der Waals surface area (Å²) in [6.45, 7) is 5.31. The van der Waals surface area contributed by atoms with Crippen LogP contribution in [0.5, 0.6) is 0 Å². The van der Waals surface area contributed by atoms with E-state index in [0.717, 1.165) is 25.7 Å². The molecule has 1 aliphatic heterocycles. The number of amides is 1. The summed E-state index contributed by atoms with van der Waals surface area (Å²) in [6.07, 6.45) is 7.90. The second-order valence-electron chi connectivity index (χ2n) is 7.42. The zero-order valence-electron chi connectivity index (χ0n) is 15.8. The van der Waals surface area contributed by atoms with Crippen LogP contribution in [-0.4, -0.2) is 71.2 Å². The first-order valence-corrected chi connectivity index (χ1v) is 9.91. The number of hydrogen-bond donors (Lipinski definition) is 1. The van der Waals surface area contributed by atoms with Gasteiger partial charge in [0.2, 0.25) is 5.91 Å². The molecule has 1 heterocycles. The lowest BCUT2D eigenvalue weighted by atomic mass is 9.93. The number of aliphatic hydroxyl groups excluding tert-OH is 1. The van der Waals surface area contributed by atoms with Gasteiger partial charge in [0.1, 0.15) is 6.04 Å². The Morgan fingerprint density at radius 2 is 1.84 bits per heavy atom. The first-order valence-electron chi connectivity index (χ1n) is 9.91. The summed E-state index contributed by atoms with van der Waals surface area (Å²) in [4.78, 5) is 29.0. The van der Waals surface area contributed by atoms with Crippen LogP contribution >= 0.6 is 0 Å². The van der Waals surface area contributed by atoms with Gasteiger partial charge in [-0.25, -0.2) is 4.79 Å². The minimum atomic E-state index is -0.461. The summed E-state index contributed by atoms with van der Waals surface area (Å²) in [5.74, 6) is -0.292. The van der Waals surface area contributed by atoms with Crippen molar-refractivity contribution in [3.05, 3.63) is 0 Å². The van der Waals surface area contributed by atoms with Gasteiger partial charge in [-0.2, -0.15) is 0 Å². The Morgan fingerprint density at radius 1 is 1.16 bits per heavy atom. The van der Waals surface area contributed by atoms with E-state index in [2.05, 4.69) is 4.90 Å². The van der Waals surface area contributed by atoms with Crippen LogP contribution in [-0.2, 0) is 14.3 Å². The number of nitrogens with zero attached hydrogens (tertiary/aromatic N) is 2. The van der Waals surface area contributed by atoms with E-state index >= 15 is 0 Å². The van der Waals surface area contributed by atoms with Crippen molar-refractivity contribution in [1.29, 1.82) is 0 Å². The minimum absolute atomic E-state index is 0.0102. The van der Waals surface area contributed by atoms with Gasteiger partial charge in [-0.3, -0.25) is 9.69 Å². The lowest BCUT2D eigenvalue weighted by molar-refractivity contribution is -0.157. The highest BCUT2D eigenvalue weighted by atomic mass is 16.5. The number of likely N-dealkylation sites (tertiary alicyclic amines) is 1. The van der Waals surface area contributed by atoms with Crippen LogP contribution in [0.25, 0.3) is 0 Å². The Balaban J connectivity index is 2.02. The number of carbonyl (C=O) groups is 2. The first kappa shape index (κ1) is 20.2. The van der Waals surface area contributed by atoms with Crippen LogP contribution in [0.1, 0.15) is 65.2 Å². The maximum Gasteiger partial charge on any atom is 0.328 e. The molecule has 6 heteroatoms.